The summed E-state index contributed by atoms with van der Waals surface area (Å²) in [5.74, 6) is 0.305. The molecule has 226 valence electrons. The maximum absolute atomic E-state index is 14.1. The van der Waals surface area contributed by atoms with Crippen molar-refractivity contribution in [2.24, 2.45) is 5.92 Å². The van der Waals surface area contributed by atoms with E-state index in [2.05, 4.69) is 12.2 Å². The molecule has 3 amide bonds. The highest BCUT2D eigenvalue weighted by Gasteiger charge is 2.31. The van der Waals surface area contributed by atoms with Crippen molar-refractivity contribution in [2.45, 2.75) is 96.4 Å². The standard InChI is InChI=1S/C31H52N4O5/c1-22-19-35(23(2)21-36)30(37)27-18-26(33(4)5)15-16-28(27)40-24(3)12-10-11-17-39-29(22)20-34(6)31(38)32-25-13-8-7-9-14-25/h15-16,18,22-25,29,36H,7-14,17,19-21H2,1-6H3,(H,32,38)/t22-,23+,24+,29-/m1/s1. The first-order valence-corrected chi connectivity index (χ1v) is 15.1. The van der Waals surface area contributed by atoms with Crippen LogP contribution in [0.15, 0.2) is 18.2 Å². The number of aliphatic hydroxyl groups excluding tert-OH is 1. The van der Waals surface area contributed by atoms with E-state index in [-0.39, 0.29) is 42.7 Å². The van der Waals surface area contributed by atoms with Crippen molar-refractivity contribution in [3.63, 3.8) is 0 Å². The van der Waals surface area contributed by atoms with E-state index in [0.717, 1.165) is 50.6 Å². The fraction of sp³-hybridized carbons (Fsp3) is 0.742. The molecular weight excluding hydrogens is 508 g/mol. The molecule has 0 radical (unpaired) electrons. The van der Waals surface area contributed by atoms with Gasteiger partial charge in [-0.15, -0.1) is 0 Å². The minimum Gasteiger partial charge on any atom is -0.490 e. The molecule has 0 unspecified atom stereocenters. The van der Waals surface area contributed by atoms with Gasteiger partial charge in [0.05, 0.1) is 30.4 Å². The number of carbonyl (C=O) groups is 2. The highest BCUT2D eigenvalue weighted by Crippen LogP contribution is 2.29. The van der Waals surface area contributed by atoms with Crippen LogP contribution in [0.3, 0.4) is 0 Å². The Labute approximate surface area is 241 Å². The topological polar surface area (TPSA) is 94.6 Å². The number of benzene rings is 1. The summed E-state index contributed by atoms with van der Waals surface area (Å²) in [5.41, 5.74) is 1.39. The molecule has 1 heterocycles. The lowest BCUT2D eigenvalue weighted by Crippen LogP contribution is -2.50. The third-order valence-electron chi connectivity index (χ3n) is 8.28. The van der Waals surface area contributed by atoms with Crippen molar-refractivity contribution in [1.82, 2.24) is 15.1 Å². The van der Waals surface area contributed by atoms with E-state index in [4.69, 9.17) is 9.47 Å². The predicted molar refractivity (Wildman–Crippen MR) is 159 cm³/mol. The van der Waals surface area contributed by atoms with Gasteiger partial charge < -0.3 is 34.6 Å². The van der Waals surface area contributed by atoms with Crippen molar-refractivity contribution >= 4 is 17.6 Å². The molecule has 0 bridgehead atoms. The van der Waals surface area contributed by atoms with Gasteiger partial charge in [0.15, 0.2) is 0 Å². The lowest BCUT2D eigenvalue weighted by molar-refractivity contribution is -0.0123. The van der Waals surface area contributed by atoms with Crippen LogP contribution in [0.5, 0.6) is 5.75 Å². The predicted octanol–water partition coefficient (Wildman–Crippen LogP) is 4.52. The van der Waals surface area contributed by atoms with Crippen molar-refractivity contribution in [1.29, 1.82) is 0 Å². The number of likely N-dealkylation sites (N-methyl/N-ethyl adjacent to an activating group) is 1. The van der Waals surface area contributed by atoms with Gasteiger partial charge in [-0.25, -0.2) is 4.79 Å². The Morgan fingerprint density at radius 2 is 1.80 bits per heavy atom. The van der Waals surface area contributed by atoms with Gasteiger partial charge in [-0.2, -0.15) is 0 Å². The third kappa shape index (κ3) is 8.99. The van der Waals surface area contributed by atoms with E-state index in [1.165, 1.54) is 6.42 Å². The summed E-state index contributed by atoms with van der Waals surface area (Å²) in [6.45, 7) is 7.16. The quantitative estimate of drug-likeness (QED) is 0.531. The molecule has 1 fully saturated rings. The molecular formula is C31H52N4O5. The smallest absolute Gasteiger partial charge is 0.317 e. The molecule has 1 aliphatic heterocycles. The minimum atomic E-state index is -0.399. The van der Waals surface area contributed by atoms with E-state index in [1.807, 2.05) is 58.1 Å². The fourth-order valence-electron chi connectivity index (χ4n) is 5.54. The zero-order valence-electron chi connectivity index (χ0n) is 25.5. The number of amides is 3. The Morgan fingerprint density at radius 3 is 2.48 bits per heavy atom. The van der Waals surface area contributed by atoms with Gasteiger partial charge >= 0.3 is 6.03 Å². The second-order valence-corrected chi connectivity index (χ2v) is 12.0. The summed E-state index contributed by atoms with van der Waals surface area (Å²) in [6.07, 6.45) is 7.97. The zero-order chi connectivity index (χ0) is 29.2. The summed E-state index contributed by atoms with van der Waals surface area (Å²) in [7, 11) is 5.70. The average Bonchev–Trinajstić information content (AvgIpc) is 2.94. The van der Waals surface area contributed by atoms with Crippen LogP contribution in [0, 0.1) is 5.92 Å². The van der Waals surface area contributed by atoms with Gasteiger partial charge in [0, 0.05) is 58.5 Å². The largest absolute Gasteiger partial charge is 0.490 e. The summed E-state index contributed by atoms with van der Waals surface area (Å²) in [6, 6.07) is 5.47. The Hall–Kier alpha value is -2.52. The number of aliphatic hydroxyl groups is 1. The zero-order valence-corrected chi connectivity index (χ0v) is 25.5. The van der Waals surface area contributed by atoms with Crippen LogP contribution in [-0.4, -0.2) is 98.6 Å². The van der Waals surface area contributed by atoms with E-state index in [0.29, 0.717) is 31.0 Å². The number of ether oxygens (including phenoxy) is 2. The number of carbonyl (C=O) groups excluding carboxylic acids is 2. The molecule has 2 aliphatic rings. The van der Waals surface area contributed by atoms with Gasteiger partial charge in [0.2, 0.25) is 0 Å². The maximum Gasteiger partial charge on any atom is 0.317 e. The molecule has 1 aromatic carbocycles. The second kappa shape index (κ2) is 15.5. The number of hydrogen-bond acceptors (Lipinski definition) is 6. The van der Waals surface area contributed by atoms with E-state index in [9.17, 15) is 14.7 Å². The fourth-order valence-corrected chi connectivity index (χ4v) is 5.54. The molecule has 0 aromatic heterocycles. The highest BCUT2D eigenvalue weighted by molar-refractivity contribution is 5.98. The van der Waals surface area contributed by atoms with Crippen LogP contribution >= 0.6 is 0 Å². The molecule has 9 nitrogen and oxygen atoms in total. The number of fused-ring (bicyclic) bond motifs is 1. The number of nitrogens with zero attached hydrogens (tertiary/aromatic N) is 3. The van der Waals surface area contributed by atoms with Crippen molar-refractivity contribution in [3.05, 3.63) is 23.8 Å². The molecule has 3 rings (SSSR count). The molecule has 40 heavy (non-hydrogen) atoms. The Bertz CT molecular complexity index is 952. The number of nitrogens with one attached hydrogen (secondary N) is 1. The molecule has 1 aromatic rings. The van der Waals surface area contributed by atoms with E-state index < -0.39 is 6.04 Å². The second-order valence-electron chi connectivity index (χ2n) is 12.0. The third-order valence-corrected chi connectivity index (χ3v) is 8.28. The van der Waals surface area contributed by atoms with Crippen LogP contribution < -0.4 is 15.0 Å². The molecule has 2 N–H and O–H groups in total. The van der Waals surface area contributed by atoms with Crippen molar-refractivity contribution < 1.29 is 24.2 Å². The van der Waals surface area contributed by atoms with Crippen molar-refractivity contribution in [3.8, 4) is 5.75 Å². The Balaban J connectivity index is 1.85. The van der Waals surface area contributed by atoms with Crippen LogP contribution in [0.2, 0.25) is 0 Å². The molecule has 0 saturated heterocycles. The first kappa shape index (κ1) is 32.0. The maximum atomic E-state index is 14.1. The summed E-state index contributed by atoms with van der Waals surface area (Å²) < 4.78 is 12.7. The van der Waals surface area contributed by atoms with E-state index >= 15 is 0 Å². The van der Waals surface area contributed by atoms with Crippen LogP contribution in [-0.2, 0) is 4.74 Å². The van der Waals surface area contributed by atoms with Crippen LogP contribution in [0.25, 0.3) is 0 Å². The van der Waals surface area contributed by atoms with Gasteiger partial charge in [0.25, 0.3) is 5.91 Å². The SMILES string of the molecule is C[C@@H]1CN([C@@H](C)CO)C(=O)c2cc(N(C)C)ccc2O[C@@H](C)CCCCO[C@@H]1CN(C)C(=O)NC1CCCCC1. The molecule has 0 spiro atoms. The van der Waals surface area contributed by atoms with E-state index in [1.54, 1.807) is 9.80 Å². The minimum absolute atomic E-state index is 0.0623. The molecule has 1 aliphatic carbocycles. The normalized spacial score (nSPS) is 24.3. The molecule has 9 heteroatoms. The molecule has 1 saturated carbocycles. The highest BCUT2D eigenvalue weighted by atomic mass is 16.5. The van der Waals surface area contributed by atoms with Gasteiger partial charge in [-0.1, -0.05) is 26.2 Å². The first-order chi connectivity index (χ1) is 19.1. The van der Waals surface area contributed by atoms with Gasteiger partial charge in [-0.05, 0) is 64.2 Å². The van der Waals surface area contributed by atoms with Crippen molar-refractivity contribution in [2.75, 3.05) is 52.3 Å². The summed E-state index contributed by atoms with van der Waals surface area (Å²) in [5, 5.41) is 13.3. The summed E-state index contributed by atoms with van der Waals surface area (Å²) >= 11 is 0. The number of hydrogen-bond donors (Lipinski definition) is 2. The number of urea groups is 1. The van der Waals surface area contributed by atoms with Crippen LogP contribution in [0.1, 0.15) is 82.5 Å². The number of anilines is 1. The van der Waals surface area contributed by atoms with Gasteiger partial charge in [-0.3, -0.25) is 4.79 Å². The Kier molecular flexibility index (Phi) is 12.4. The van der Waals surface area contributed by atoms with Gasteiger partial charge in [0.1, 0.15) is 5.75 Å². The molecule has 4 atom stereocenters. The van der Waals surface area contributed by atoms with Crippen LogP contribution in [0.4, 0.5) is 10.5 Å². The first-order valence-electron chi connectivity index (χ1n) is 15.1. The number of rotatable bonds is 6. The average molecular weight is 561 g/mol. The lowest BCUT2D eigenvalue weighted by Gasteiger charge is -2.36. The Morgan fingerprint density at radius 1 is 1.10 bits per heavy atom. The lowest BCUT2D eigenvalue weighted by atomic mass is 9.96. The monoisotopic (exact) mass is 560 g/mol. The summed E-state index contributed by atoms with van der Waals surface area (Å²) in [4.78, 5) is 32.5.